The van der Waals surface area contributed by atoms with Crippen molar-refractivity contribution >= 4 is 10.0 Å². The lowest BCUT2D eigenvalue weighted by Crippen LogP contribution is -2.30. The third-order valence-corrected chi connectivity index (χ3v) is 4.49. The zero-order valence-electron chi connectivity index (χ0n) is 10.8. The van der Waals surface area contributed by atoms with E-state index in [9.17, 15) is 8.42 Å². The van der Waals surface area contributed by atoms with Crippen molar-refractivity contribution in [2.75, 3.05) is 32.4 Å². The summed E-state index contributed by atoms with van der Waals surface area (Å²) in [4.78, 5) is 0. The molecule has 0 fully saturated rings. The fourth-order valence-corrected chi connectivity index (χ4v) is 2.67. The fourth-order valence-electron chi connectivity index (χ4n) is 1.39. The average Bonchev–Trinajstić information content (AvgIpc) is 2.25. The van der Waals surface area contributed by atoms with Crippen LogP contribution >= 0.6 is 0 Å². The highest BCUT2D eigenvalue weighted by molar-refractivity contribution is 7.89. The van der Waals surface area contributed by atoms with E-state index in [0.29, 0.717) is 6.54 Å². The van der Waals surface area contributed by atoms with Crippen molar-refractivity contribution in [3.05, 3.63) is 0 Å². The molecule has 1 N–H and O–H groups in total. The summed E-state index contributed by atoms with van der Waals surface area (Å²) < 4.78 is 25.0. The molecule has 0 aliphatic carbocycles. The molecule has 0 unspecified atom stereocenters. The van der Waals surface area contributed by atoms with Gasteiger partial charge >= 0.3 is 0 Å². The molecule has 0 aliphatic heterocycles. The van der Waals surface area contributed by atoms with Crippen LogP contribution in [0.15, 0.2) is 0 Å². The minimum absolute atomic E-state index is 0.276. The molecule has 0 atom stereocenters. The molecule has 0 radical (unpaired) electrons. The second kappa shape index (κ2) is 8.96. The van der Waals surface area contributed by atoms with Crippen LogP contribution in [0.5, 0.6) is 0 Å². The lowest BCUT2D eigenvalue weighted by atomic mass is 10.3. The smallest absolute Gasteiger partial charge is 0.213 e. The van der Waals surface area contributed by atoms with E-state index in [1.54, 1.807) is 7.05 Å². The van der Waals surface area contributed by atoms with Crippen LogP contribution in [0.4, 0.5) is 0 Å². The molecule has 0 aliphatic rings. The summed E-state index contributed by atoms with van der Waals surface area (Å²) in [6, 6.07) is 0. The fraction of sp³-hybridized carbons (Fsp3) is 1.00. The quantitative estimate of drug-likeness (QED) is 0.597. The summed E-state index contributed by atoms with van der Waals surface area (Å²) in [5, 5.41) is 3.19. The van der Waals surface area contributed by atoms with Gasteiger partial charge in [0.25, 0.3) is 0 Å². The summed E-state index contributed by atoms with van der Waals surface area (Å²) in [7, 11) is -1.34. The molecule has 0 heterocycles. The number of unbranched alkanes of at least 4 members (excludes halogenated alkanes) is 2. The molecule has 0 saturated carbocycles. The highest BCUT2D eigenvalue weighted by Crippen LogP contribution is 2.04. The van der Waals surface area contributed by atoms with Crippen molar-refractivity contribution in [3.8, 4) is 0 Å². The summed E-state index contributed by atoms with van der Waals surface area (Å²) in [5.41, 5.74) is 0. The van der Waals surface area contributed by atoms with Gasteiger partial charge in [0, 0.05) is 13.6 Å². The van der Waals surface area contributed by atoms with Crippen molar-refractivity contribution < 1.29 is 8.42 Å². The molecule has 5 heteroatoms. The first-order valence-electron chi connectivity index (χ1n) is 6.19. The van der Waals surface area contributed by atoms with Crippen LogP contribution in [0.2, 0.25) is 0 Å². The van der Waals surface area contributed by atoms with Crippen molar-refractivity contribution in [3.63, 3.8) is 0 Å². The molecule has 0 bridgehead atoms. The van der Waals surface area contributed by atoms with Gasteiger partial charge in [-0.25, -0.2) is 12.7 Å². The Balaban J connectivity index is 3.77. The first kappa shape index (κ1) is 15.9. The predicted molar refractivity (Wildman–Crippen MR) is 69.1 cm³/mol. The highest BCUT2D eigenvalue weighted by atomic mass is 32.2. The molecule has 0 aromatic heterocycles. The van der Waals surface area contributed by atoms with Crippen LogP contribution in [-0.2, 0) is 10.0 Å². The van der Waals surface area contributed by atoms with Crippen LogP contribution in [-0.4, -0.2) is 45.2 Å². The maximum absolute atomic E-state index is 11.8. The number of hydrogen-bond acceptors (Lipinski definition) is 3. The Morgan fingerprint density at radius 2 is 1.81 bits per heavy atom. The van der Waals surface area contributed by atoms with Gasteiger partial charge in [-0.05, 0) is 32.4 Å². The van der Waals surface area contributed by atoms with Gasteiger partial charge in [0.1, 0.15) is 0 Å². The number of sulfonamides is 1. The monoisotopic (exact) mass is 250 g/mol. The summed E-state index contributed by atoms with van der Waals surface area (Å²) in [6.45, 7) is 6.62. The number of rotatable bonds is 10. The molecule has 0 aromatic rings. The Kier molecular flexibility index (Phi) is 8.89. The van der Waals surface area contributed by atoms with Crippen molar-refractivity contribution in [1.82, 2.24) is 9.62 Å². The van der Waals surface area contributed by atoms with E-state index in [-0.39, 0.29) is 5.75 Å². The van der Waals surface area contributed by atoms with Gasteiger partial charge in [0.15, 0.2) is 0 Å². The Morgan fingerprint density at radius 3 is 2.38 bits per heavy atom. The number of nitrogens with one attached hydrogen (secondary N) is 1. The third-order valence-electron chi connectivity index (χ3n) is 2.56. The van der Waals surface area contributed by atoms with Crippen molar-refractivity contribution in [2.24, 2.45) is 0 Å². The second-order valence-corrected chi connectivity index (χ2v) is 6.25. The largest absolute Gasteiger partial charge is 0.317 e. The van der Waals surface area contributed by atoms with E-state index in [0.717, 1.165) is 38.8 Å². The van der Waals surface area contributed by atoms with E-state index in [2.05, 4.69) is 19.2 Å². The van der Waals surface area contributed by atoms with Gasteiger partial charge in [-0.2, -0.15) is 0 Å². The molecule has 0 spiro atoms. The highest BCUT2D eigenvalue weighted by Gasteiger charge is 2.15. The lowest BCUT2D eigenvalue weighted by molar-refractivity contribution is 0.457. The second-order valence-electron chi connectivity index (χ2n) is 4.05. The van der Waals surface area contributed by atoms with Gasteiger partial charge in [0.2, 0.25) is 10.0 Å². The number of nitrogens with zero attached hydrogens (tertiary/aromatic N) is 1. The number of hydrogen-bond donors (Lipinski definition) is 1. The average molecular weight is 250 g/mol. The zero-order valence-corrected chi connectivity index (χ0v) is 11.6. The molecule has 4 nitrogen and oxygen atoms in total. The summed E-state index contributed by atoms with van der Waals surface area (Å²) >= 11 is 0. The van der Waals surface area contributed by atoms with E-state index in [1.165, 1.54) is 4.31 Å². The third kappa shape index (κ3) is 7.19. The molecular weight excluding hydrogens is 224 g/mol. The van der Waals surface area contributed by atoms with Gasteiger partial charge in [-0.15, -0.1) is 0 Å². The molecule has 16 heavy (non-hydrogen) atoms. The molecule has 98 valence electrons. The molecular formula is C11H26N2O2S. The Labute approximate surface area is 100 Å². The van der Waals surface area contributed by atoms with Gasteiger partial charge in [-0.3, -0.25) is 0 Å². The topological polar surface area (TPSA) is 49.4 Å². The van der Waals surface area contributed by atoms with Crippen LogP contribution in [0, 0.1) is 0 Å². The summed E-state index contributed by atoms with van der Waals surface area (Å²) in [6.07, 6.45) is 3.63. The maximum Gasteiger partial charge on any atom is 0.213 e. The lowest BCUT2D eigenvalue weighted by Gasteiger charge is -2.16. The first-order chi connectivity index (χ1) is 7.54. The van der Waals surface area contributed by atoms with E-state index in [4.69, 9.17) is 0 Å². The van der Waals surface area contributed by atoms with Gasteiger partial charge in [-0.1, -0.05) is 20.3 Å². The molecule has 0 aromatic carbocycles. The van der Waals surface area contributed by atoms with Crippen LogP contribution in [0.1, 0.15) is 39.5 Å². The van der Waals surface area contributed by atoms with E-state index >= 15 is 0 Å². The Morgan fingerprint density at radius 1 is 1.12 bits per heavy atom. The summed E-state index contributed by atoms with van der Waals surface area (Å²) in [5.74, 6) is 0.276. The van der Waals surface area contributed by atoms with Crippen molar-refractivity contribution in [1.29, 1.82) is 0 Å². The minimum Gasteiger partial charge on any atom is -0.317 e. The molecule has 0 amide bonds. The molecule has 0 rings (SSSR count). The van der Waals surface area contributed by atoms with E-state index in [1.807, 2.05) is 0 Å². The molecule has 0 saturated heterocycles. The van der Waals surface area contributed by atoms with Crippen LogP contribution < -0.4 is 5.32 Å². The van der Waals surface area contributed by atoms with Gasteiger partial charge < -0.3 is 5.32 Å². The maximum atomic E-state index is 11.8. The van der Waals surface area contributed by atoms with Crippen LogP contribution in [0.25, 0.3) is 0 Å². The zero-order chi connectivity index (χ0) is 12.4. The standard InChI is InChI=1S/C11H26N2O2S/c1-4-6-10-13(3)16(14,15)11-8-7-9-12-5-2/h12H,4-11H2,1-3H3. The van der Waals surface area contributed by atoms with Gasteiger partial charge in [0.05, 0.1) is 5.75 Å². The van der Waals surface area contributed by atoms with Crippen LogP contribution in [0.3, 0.4) is 0 Å². The normalized spacial score (nSPS) is 12.2. The Bertz CT molecular complexity index is 253. The first-order valence-corrected chi connectivity index (χ1v) is 7.80. The SMILES string of the molecule is CCCCN(C)S(=O)(=O)CCCCNCC. The Hall–Kier alpha value is -0.130. The minimum atomic E-state index is -3.01. The van der Waals surface area contributed by atoms with Crippen molar-refractivity contribution in [2.45, 2.75) is 39.5 Å². The predicted octanol–water partition coefficient (Wildman–Crippen LogP) is 1.44. The van der Waals surface area contributed by atoms with E-state index < -0.39 is 10.0 Å².